The Hall–Kier alpha value is -5.46. The maximum absolute atomic E-state index is 8.72. The van der Waals surface area contributed by atoms with Gasteiger partial charge in [-0.15, -0.1) is 0 Å². The van der Waals surface area contributed by atoms with Crippen molar-refractivity contribution in [2.24, 2.45) is 0 Å². The average molecular weight is 1380 g/mol. The van der Waals surface area contributed by atoms with E-state index in [4.69, 9.17) is 21.9 Å². The van der Waals surface area contributed by atoms with Crippen LogP contribution in [0.2, 0.25) is 0 Å². The third-order valence-corrected chi connectivity index (χ3v) is 17.1. The third-order valence-electron chi connectivity index (χ3n) is 17.1. The average Bonchev–Trinajstić information content (AvgIpc) is 0.762. The Kier molecular flexibility index (Phi) is 24.9. The molecule has 0 heterocycles. The molecule has 0 aliphatic carbocycles. The zero-order chi connectivity index (χ0) is 92.5. The fourth-order valence-electron chi connectivity index (χ4n) is 10.8. The van der Waals surface area contributed by atoms with E-state index in [1.807, 2.05) is 157 Å². The SMILES string of the molecule is [2H]C(C)(C)c1cc(C)cc(C(C)(C)C)c1.[2H]C(C)(C)c1cc(C)cc(C(C)C)c1.[2H]C(C)(C)c1cc(C)cc(C([2H])(C)C)c1.[2H]c1c(C(C)(C)C)c([2H])c(C(C)(C)C)c(C)c1C(C)(C)C.[2H]c1c(C)c([2H])c(C(C)(C)C)c([2H])c1C(C)(C)C.[2H]c1c([2H])c(C(C)(C)C)c(C)c(C(C)(C)C)c1[2H].[2H]c1c([2H])c(C(C)(C)C)c([2H])c([2H])c1C. The predicted octanol–water partition coefficient (Wildman–Crippen LogP) is 31.3. The molecule has 0 N–H and O–H groups in total. The van der Waals surface area contributed by atoms with Gasteiger partial charge in [-0.1, -0.05) is 411 Å². The van der Waals surface area contributed by atoms with E-state index in [-0.39, 0.29) is 91.0 Å². The van der Waals surface area contributed by atoms with Crippen LogP contribution in [0.15, 0.2) is 127 Å². The number of aryl methyl sites for hydroxylation is 3. The van der Waals surface area contributed by atoms with Gasteiger partial charge in [-0.2, -0.15) is 0 Å². The van der Waals surface area contributed by atoms with E-state index in [2.05, 4.69) is 196 Å². The minimum absolute atomic E-state index is 0.0513. The molecule has 0 aliphatic rings. The van der Waals surface area contributed by atoms with Crippen LogP contribution < -0.4 is 0 Å². The van der Waals surface area contributed by atoms with Crippen LogP contribution in [-0.2, 0) is 48.7 Å². The number of hydrogen-bond donors (Lipinski definition) is 0. The lowest BCUT2D eigenvalue weighted by molar-refractivity contribution is 0.542. The molecule has 7 aromatic rings. The lowest BCUT2D eigenvalue weighted by atomic mass is 9.73. The first-order valence-corrected chi connectivity index (χ1v) is 36.9. The van der Waals surface area contributed by atoms with Crippen molar-refractivity contribution < 1.29 is 21.9 Å². The molecule has 0 unspecified atom stereocenters. The quantitative estimate of drug-likeness (QED) is 0.161. The standard InChI is InChI=1S/C19H32.2C15H24.C14H22.2C13H20.C11H16/c1-13-15(18(5,6)7)11-14(17(2,3)4)12-16(13)19(8,9)10;1-11-8-12(14(2,3)4)10-13(9-11)15(5,6)7;1-11-12(14(2,3)4)9-8-10-13(11)15(5,6)7;1-10(2)12-7-11(3)8-13(9-12)14(4,5)6;2*1-9(2)12-6-11(5)7-13(8-12)10(3)4;1-9-5-7-10(8-6-9)11(2,3)4/h11-12H,1-10H3;2*8-10H,1-7H3;7-10H,1-6H3;2*6-10H,1-5H3;5-8H,1-4H3/i11D,12D;2*8D,9D,10D;10D;9D,10D;9D;5D,6D,7D,8D. The largest absolute Gasteiger partial charge is 0.0629 e. The maximum atomic E-state index is 8.72. The molecule has 0 spiro atoms. The molecule has 558 valence electrons. The van der Waals surface area contributed by atoms with Crippen molar-refractivity contribution in [1.82, 2.24) is 0 Å². The highest BCUT2D eigenvalue weighted by molar-refractivity contribution is 5.47. The van der Waals surface area contributed by atoms with Gasteiger partial charge in [0.15, 0.2) is 0 Å². The van der Waals surface area contributed by atoms with E-state index in [9.17, 15) is 0 Å². The highest BCUT2D eigenvalue weighted by Crippen LogP contribution is 2.39. The Morgan fingerprint density at radius 1 is 0.230 bits per heavy atom. The second-order valence-electron chi connectivity index (χ2n) is 38.7. The Bertz CT molecular complexity index is 4100. The summed E-state index contributed by atoms with van der Waals surface area (Å²) >= 11 is 0. The lowest BCUT2D eigenvalue weighted by Crippen LogP contribution is -2.23. The predicted molar refractivity (Wildman–Crippen MR) is 457 cm³/mol. The summed E-state index contributed by atoms with van der Waals surface area (Å²) in [4.78, 5) is 0. The Balaban J connectivity index is 0.000000679. The molecule has 0 nitrogen and oxygen atoms in total. The zero-order valence-corrected chi connectivity index (χ0v) is 72.8. The Morgan fingerprint density at radius 3 is 0.770 bits per heavy atom. The molecule has 0 saturated carbocycles. The monoisotopic (exact) mass is 1380 g/mol. The maximum Gasteiger partial charge on any atom is 0.0629 e. The van der Waals surface area contributed by atoms with Crippen LogP contribution in [0.1, 0.15) is 424 Å². The minimum Gasteiger partial charge on any atom is -0.0617 e. The second kappa shape index (κ2) is 36.8. The molecule has 7 rings (SSSR count). The van der Waals surface area contributed by atoms with E-state index < -0.39 is 23.6 Å². The molecule has 0 amide bonds. The van der Waals surface area contributed by atoms with Crippen LogP contribution in [0.25, 0.3) is 0 Å². The molecule has 0 aliphatic heterocycles. The summed E-state index contributed by atoms with van der Waals surface area (Å²) in [6.07, 6.45) is 0. The van der Waals surface area contributed by atoms with Crippen molar-refractivity contribution >= 4 is 0 Å². The zero-order valence-electron chi connectivity index (χ0n) is 88.8. The third kappa shape index (κ3) is 31.6. The summed E-state index contributed by atoms with van der Waals surface area (Å²) in [6, 6.07) is 22.0. The van der Waals surface area contributed by atoms with Crippen molar-refractivity contribution in [2.75, 3.05) is 0 Å². The smallest absolute Gasteiger partial charge is 0.0617 e. The van der Waals surface area contributed by atoms with Crippen molar-refractivity contribution in [3.8, 4) is 0 Å². The van der Waals surface area contributed by atoms with Crippen LogP contribution in [-0.4, -0.2) is 0 Å². The van der Waals surface area contributed by atoms with Gasteiger partial charge in [-0.05, 0) is 216 Å². The molecular formula is C100H158. The van der Waals surface area contributed by atoms with Crippen molar-refractivity contribution in [3.05, 3.63) is 244 Å². The van der Waals surface area contributed by atoms with Crippen molar-refractivity contribution in [1.29, 1.82) is 0 Å². The molecule has 0 bridgehead atoms. The lowest BCUT2D eigenvalue weighted by Gasteiger charge is -2.32. The molecule has 7 aromatic carbocycles. The van der Waals surface area contributed by atoms with Gasteiger partial charge >= 0.3 is 0 Å². The van der Waals surface area contributed by atoms with Crippen molar-refractivity contribution in [2.45, 2.75) is 383 Å². The normalized spacial score (nSPS) is 15.1. The van der Waals surface area contributed by atoms with Crippen LogP contribution in [0.3, 0.4) is 0 Å². The molecule has 0 fully saturated rings. The van der Waals surface area contributed by atoms with Crippen LogP contribution in [0.4, 0.5) is 0 Å². The fraction of sp³-hybridized carbons (Fsp3) is 0.580. The molecule has 100 heavy (non-hydrogen) atoms. The van der Waals surface area contributed by atoms with Gasteiger partial charge in [-0.3, -0.25) is 0 Å². The molecule has 0 saturated heterocycles. The summed E-state index contributed by atoms with van der Waals surface area (Å²) in [5, 5.41) is 0. The van der Waals surface area contributed by atoms with E-state index in [1.54, 1.807) is 6.92 Å². The van der Waals surface area contributed by atoms with E-state index in [0.717, 1.165) is 77.9 Å². The van der Waals surface area contributed by atoms with Crippen LogP contribution in [0.5, 0.6) is 0 Å². The summed E-state index contributed by atoms with van der Waals surface area (Å²) in [5.41, 5.74) is 19.1. The fourth-order valence-corrected chi connectivity index (χ4v) is 10.8. The summed E-state index contributed by atoms with van der Waals surface area (Å²) in [5.74, 6) is -1.64. The van der Waals surface area contributed by atoms with E-state index in [0.29, 0.717) is 52.8 Å². The topological polar surface area (TPSA) is 0 Å². The number of hydrogen-bond acceptors (Lipinski definition) is 0. The first kappa shape index (κ1) is 67.7. The van der Waals surface area contributed by atoms with Crippen LogP contribution in [0, 0.1) is 48.5 Å². The van der Waals surface area contributed by atoms with Gasteiger partial charge < -0.3 is 0 Å². The minimum atomic E-state index is -0.591. The number of benzene rings is 7. The molecule has 0 heteroatoms. The highest BCUT2D eigenvalue weighted by atomic mass is 14.3. The van der Waals surface area contributed by atoms with Gasteiger partial charge in [-0.25, -0.2) is 0 Å². The second-order valence-corrected chi connectivity index (χ2v) is 38.7. The van der Waals surface area contributed by atoms with E-state index >= 15 is 0 Å². The van der Waals surface area contributed by atoms with Gasteiger partial charge in [0.25, 0.3) is 0 Å². The van der Waals surface area contributed by atoms with E-state index in [1.165, 1.54) is 22.3 Å². The summed E-state index contributed by atoms with van der Waals surface area (Å²) in [7, 11) is 0. The Labute approximate surface area is 645 Å². The first-order valence-electron chi connectivity index (χ1n) is 44.9. The van der Waals surface area contributed by atoms with Gasteiger partial charge in [0.05, 0.1) is 16.4 Å². The highest BCUT2D eigenvalue weighted by Gasteiger charge is 2.28. The summed E-state index contributed by atoms with van der Waals surface area (Å²) in [6.45, 7) is 89.4. The summed E-state index contributed by atoms with van der Waals surface area (Å²) < 4.78 is 130. The molecular weight excluding hydrogens is 1200 g/mol. The van der Waals surface area contributed by atoms with Gasteiger partial charge in [0, 0.05) is 5.48 Å². The first-order chi connectivity index (χ1) is 51.1. The number of rotatable bonds is 5. The van der Waals surface area contributed by atoms with Gasteiger partial charge in [0.2, 0.25) is 0 Å². The molecule has 0 atom stereocenters. The Morgan fingerprint density at radius 2 is 0.490 bits per heavy atom. The van der Waals surface area contributed by atoms with Gasteiger partial charge in [0.1, 0.15) is 0 Å². The molecule has 0 aromatic heterocycles. The molecule has 0 radical (unpaired) electrons. The van der Waals surface area contributed by atoms with Crippen LogP contribution >= 0.6 is 0 Å². The van der Waals surface area contributed by atoms with Crippen molar-refractivity contribution in [3.63, 3.8) is 0 Å².